The summed E-state index contributed by atoms with van der Waals surface area (Å²) < 4.78 is 0. The maximum absolute atomic E-state index is 10.7. The fraction of sp³-hybridized carbons (Fsp3) is 0.280. The van der Waals surface area contributed by atoms with Crippen LogP contribution < -0.4 is 5.32 Å². The molecule has 7 heteroatoms. The molecule has 1 aromatic heterocycles. The van der Waals surface area contributed by atoms with Gasteiger partial charge >= 0.3 is 0 Å². The molecule has 168 valence electrons. The molecule has 3 aromatic rings. The summed E-state index contributed by atoms with van der Waals surface area (Å²) in [5.74, 6) is 0. The highest BCUT2D eigenvalue weighted by molar-refractivity contribution is 6.31. The Kier molecular flexibility index (Phi) is 9.98. The van der Waals surface area contributed by atoms with Crippen molar-refractivity contribution >= 4 is 29.6 Å². The topological polar surface area (TPSA) is 48.5 Å². The zero-order valence-corrected chi connectivity index (χ0v) is 19.5. The van der Waals surface area contributed by atoms with Crippen LogP contribution in [0.1, 0.15) is 16.7 Å². The fourth-order valence-electron chi connectivity index (χ4n) is 3.56. The summed E-state index contributed by atoms with van der Waals surface area (Å²) in [5.41, 5.74) is 3.40. The van der Waals surface area contributed by atoms with Gasteiger partial charge in [0.2, 0.25) is 6.41 Å². The molecule has 3 rings (SSSR count). The van der Waals surface area contributed by atoms with E-state index in [2.05, 4.69) is 38.3 Å². The molecule has 1 N–H and O–H groups in total. The molecule has 0 aliphatic carbocycles. The summed E-state index contributed by atoms with van der Waals surface area (Å²) in [6.07, 6.45) is 4.40. The second-order valence-electron chi connectivity index (χ2n) is 7.64. The molecule has 0 unspecified atom stereocenters. The number of benzene rings is 2. The molecule has 0 bridgehead atoms. The summed E-state index contributed by atoms with van der Waals surface area (Å²) in [7, 11) is 0. The Bertz CT molecular complexity index is 971. The average molecular weight is 471 g/mol. The minimum absolute atomic E-state index is 0.600. The van der Waals surface area contributed by atoms with Crippen molar-refractivity contribution in [2.45, 2.75) is 19.6 Å². The van der Waals surface area contributed by atoms with Gasteiger partial charge in [-0.05, 0) is 41.0 Å². The van der Waals surface area contributed by atoms with Crippen LogP contribution >= 0.6 is 23.2 Å². The first-order chi connectivity index (χ1) is 15.6. The quantitative estimate of drug-likeness (QED) is 0.292. The van der Waals surface area contributed by atoms with Gasteiger partial charge in [-0.1, -0.05) is 59.6 Å². The van der Waals surface area contributed by atoms with Crippen molar-refractivity contribution in [2.75, 3.05) is 26.2 Å². The number of aromatic nitrogens is 1. The summed E-state index contributed by atoms with van der Waals surface area (Å²) in [6, 6.07) is 19.9. The van der Waals surface area contributed by atoms with Gasteiger partial charge in [0.15, 0.2) is 0 Å². The molecule has 5 nitrogen and oxygen atoms in total. The Balaban J connectivity index is 1.71. The molecular formula is C25H28Cl2N4O. The van der Waals surface area contributed by atoms with Gasteiger partial charge < -0.3 is 5.32 Å². The van der Waals surface area contributed by atoms with Crippen LogP contribution in [0.5, 0.6) is 0 Å². The second-order valence-corrected chi connectivity index (χ2v) is 8.49. The normalized spacial score (nSPS) is 11.1. The molecule has 0 saturated heterocycles. The largest absolute Gasteiger partial charge is 0.357 e. The number of hydrogen-bond acceptors (Lipinski definition) is 4. The number of carbonyl (C=O) groups is 1. The van der Waals surface area contributed by atoms with Crippen LogP contribution in [0, 0.1) is 0 Å². The fourth-order valence-corrected chi connectivity index (χ4v) is 3.97. The number of halogens is 2. The molecule has 0 saturated carbocycles. The van der Waals surface area contributed by atoms with Gasteiger partial charge in [0.05, 0.1) is 0 Å². The van der Waals surface area contributed by atoms with E-state index in [9.17, 15) is 4.79 Å². The third kappa shape index (κ3) is 8.24. The Morgan fingerprint density at radius 3 is 2.38 bits per heavy atom. The lowest BCUT2D eigenvalue weighted by molar-refractivity contribution is -0.109. The van der Waals surface area contributed by atoms with Crippen molar-refractivity contribution in [3.63, 3.8) is 0 Å². The summed E-state index contributed by atoms with van der Waals surface area (Å²) >= 11 is 12.7. The number of pyridine rings is 1. The molecule has 0 radical (unpaired) electrons. The van der Waals surface area contributed by atoms with Gasteiger partial charge in [-0.25, -0.2) is 0 Å². The van der Waals surface area contributed by atoms with Crippen molar-refractivity contribution in [1.82, 2.24) is 20.1 Å². The van der Waals surface area contributed by atoms with Crippen LogP contribution in [0.4, 0.5) is 0 Å². The van der Waals surface area contributed by atoms with Crippen LogP contribution in [0.15, 0.2) is 73.1 Å². The average Bonchev–Trinajstić information content (AvgIpc) is 2.79. The highest BCUT2D eigenvalue weighted by atomic mass is 35.5. The summed E-state index contributed by atoms with van der Waals surface area (Å²) in [5, 5.41) is 4.27. The van der Waals surface area contributed by atoms with Crippen molar-refractivity contribution in [3.8, 4) is 0 Å². The van der Waals surface area contributed by atoms with Gasteiger partial charge in [0.25, 0.3) is 0 Å². The van der Waals surface area contributed by atoms with E-state index in [-0.39, 0.29) is 0 Å². The predicted octanol–water partition coefficient (Wildman–Crippen LogP) is 4.64. The minimum Gasteiger partial charge on any atom is -0.357 e. The SMILES string of the molecule is O=CNCCN(CCN(Cc1cccc(Cl)c1)Cc1ccccc1Cl)Cc1cccnc1. The number of amides is 1. The molecule has 32 heavy (non-hydrogen) atoms. The Labute approximate surface area is 200 Å². The number of rotatable bonds is 13. The lowest BCUT2D eigenvalue weighted by Crippen LogP contribution is -2.38. The smallest absolute Gasteiger partial charge is 0.207 e. The van der Waals surface area contributed by atoms with Crippen LogP contribution in [-0.2, 0) is 24.4 Å². The molecule has 1 heterocycles. The predicted molar refractivity (Wildman–Crippen MR) is 131 cm³/mol. The van der Waals surface area contributed by atoms with Crippen LogP contribution in [0.3, 0.4) is 0 Å². The molecule has 0 fully saturated rings. The first-order valence-electron chi connectivity index (χ1n) is 10.6. The molecule has 0 aliphatic rings. The van der Waals surface area contributed by atoms with E-state index in [4.69, 9.17) is 23.2 Å². The van der Waals surface area contributed by atoms with Crippen LogP contribution in [0.25, 0.3) is 0 Å². The lowest BCUT2D eigenvalue weighted by Gasteiger charge is -2.28. The molecule has 0 atom stereocenters. The van der Waals surface area contributed by atoms with Crippen LogP contribution in [-0.4, -0.2) is 47.4 Å². The molecule has 2 aromatic carbocycles. The highest BCUT2D eigenvalue weighted by Gasteiger charge is 2.13. The maximum Gasteiger partial charge on any atom is 0.207 e. The van der Waals surface area contributed by atoms with E-state index in [0.29, 0.717) is 6.54 Å². The minimum atomic E-state index is 0.600. The van der Waals surface area contributed by atoms with E-state index >= 15 is 0 Å². The number of nitrogens with zero attached hydrogens (tertiary/aromatic N) is 3. The maximum atomic E-state index is 10.7. The van der Waals surface area contributed by atoms with Crippen molar-refractivity contribution < 1.29 is 4.79 Å². The Hall–Kier alpha value is -2.44. The molecule has 1 amide bonds. The number of hydrogen-bond donors (Lipinski definition) is 1. The third-order valence-electron chi connectivity index (χ3n) is 5.16. The zero-order chi connectivity index (χ0) is 22.6. The zero-order valence-electron chi connectivity index (χ0n) is 18.0. The van der Waals surface area contributed by atoms with Crippen LogP contribution in [0.2, 0.25) is 10.0 Å². The van der Waals surface area contributed by atoms with E-state index < -0.39 is 0 Å². The monoisotopic (exact) mass is 470 g/mol. The molecule has 0 aliphatic heterocycles. The summed E-state index contributed by atoms with van der Waals surface area (Å²) in [4.78, 5) is 19.6. The van der Waals surface area contributed by atoms with E-state index in [0.717, 1.165) is 72.4 Å². The van der Waals surface area contributed by atoms with Gasteiger partial charge in [-0.2, -0.15) is 0 Å². The lowest BCUT2D eigenvalue weighted by atomic mass is 10.1. The first-order valence-corrected chi connectivity index (χ1v) is 11.4. The van der Waals surface area contributed by atoms with Gasteiger partial charge in [-0.3, -0.25) is 19.6 Å². The number of carbonyl (C=O) groups excluding carboxylic acids is 1. The van der Waals surface area contributed by atoms with Gasteiger partial charge in [-0.15, -0.1) is 0 Å². The van der Waals surface area contributed by atoms with Crippen molar-refractivity contribution in [3.05, 3.63) is 99.8 Å². The first kappa shape index (κ1) is 24.2. The Morgan fingerprint density at radius 2 is 1.62 bits per heavy atom. The van der Waals surface area contributed by atoms with Crippen molar-refractivity contribution in [2.24, 2.45) is 0 Å². The van der Waals surface area contributed by atoms with E-state index in [1.54, 1.807) is 6.20 Å². The Morgan fingerprint density at radius 1 is 0.844 bits per heavy atom. The van der Waals surface area contributed by atoms with Gasteiger partial charge in [0, 0.05) is 68.3 Å². The second kappa shape index (κ2) is 13.2. The van der Waals surface area contributed by atoms with Crippen molar-refractivity contribution in [1.29, 1.82) is 0 Å². The molecular weight excluding hydrogens is 443 g/mol. The van der Waals surface area contributed by atoms with E-state index in [1.807, 2.05) is 48.7 Å². The summed E-state index contributed by atoms with van der Waals surface area (Å²) in [6.45, 7) is 5.29. The molecule has 0 spiro atoms. The van der Waals surface area contributed by atoms with Gasteiger partial charge in [0.1, 0.15) is 0 Å². The standard InChI is InChI=1S/C25H28Cl2N4O/c26-24-8-3-5-21(15-24)17-31(19-23-7-1-2-9-25(23)27)14-13-30(12-11-29-20-32)18-22-6-4-10-28-16-22/h1-10,15-16,20H,11-14,17-19H2,(H,29,32). The third-order valence-corrected chi connectivity index (χ3v) is 5.77. The number of nitrogens with one attached hydrogen (secondary N) is 1. The highest BCUT2D eigenvalue weighted by Crippen LogP contribution is 2.19. The van der Waals surface area contributed by atoms with E-state index in [1.165, 1.54) is 0 Å².